The van der Waals surface area contributed by atoms with Gasteiger partial charge in [-0.25, -0.2) is 4.68 Å². The number of hydrogen-bond acceptors (Lipinski definition) is 2. The third-order valence-electron chi connectivity index (χ3n) is 6.24. The van der Waals surface area contributed by atoms with Gasteiger partial charge < -0.3 is 10.3 Å². The van der Waals surface area contributed by atoms with Crippen molar-refractivity contribution in [2.24, 2.45) is 5.41 Å². The molecule has 0 fully saturated rings. The van der Waals surface area contributed by atoms with Gasteiger partial charge in [0.05, 0.1) is 11.9 Å². The normalized spacial score (nSPS) is 18.1. The number of para-hydroxylation sites is 2. The standard InChI is InChI=1S/C25H28N4/c1-17-8-4-7-11-23(17)29-24-13-25(2,3)12-22(20(24)16-28-29)27-15-18-14-26-21-10-6-5-9-19(18)21/h4-11,14,16,22,26-27H,12-13,15H2,1-3H3. The Labute approximate surface area is 172 Å². The maximum atomic E-state index is 4.81. The lowest BCUT2D eigenvalue weighted by Crippen LogP contribution is -2.33. The van der Waals surface area contributed by atoms with E-state index >= 15 is 0 Å². The van der Waals surface area contributed by atoms with Gasteiger partial charge in [0.15, 0.2) is 0 Å². The molecule has 4 heteroatoms. The second-order valence-electron chi connectivity index (χ2n) is 9.08. The van der Waals surface area contributed by atoms with Crippen molar-refractivity contribution in [2.45, 2.75) is 46.2 Å². The minimum atomic E-state index is 0.228. The highest BCUT2D eigenvalue weighted by atomic mass is 15.3. The summed E-state index contributed by atoms with van der Waals surface area (Å²) in [5, 5.41) is 9.94. The number of H-pyrrole nitrogens is 1. The Morgan fingerprint density at radius 1 is 1.14 bits per heavy atom. The molecular formula is C25H28N4. The second kappa shape index (κ2) is 6.89. The van der Waals surface area contributed by atoms with Crippen LogP contribution in [0.2, 0.25) is 0 Å². The first kappa shape index (κ1) is 18.2. The van der Waals surface area contributed by atoms with E-state index in [1.165, 1.54) is 39.0 Å². The molecule has 1 unspecified atom stereocenters. The quantitative estimate of drug-likeness (QED) is 0.490. The van der Waals surface area contributed by atoms with Crippen molar-refractivity contribution in [3.63, 3.8) is 0 Å². The van der Waals surface area contributed by atoms with Gasteiger partial charge in [-0.2, -0.15) is 5.10 Å². The van der Waals surface area contributed by atoms with Crippen molar-refractivity contribution in [2.75, 3.05) is 0 Å². The molecule has 0 radical (unpaired) electrons. The van der Waals surface area contributed by atoms with Crippen LogP contribution in [0.1, 0.15) is 48.7 Å². The molecule has 0 saturated carbocycles. The Morgan fingerprint density at radius 2 is 1.93 bits per heavy atom. The van der Waals surface area contributed by atoms with Gasteiger partial charge in [-0.1, -0.05) is 50.2 Å². The van der Waals surface area contributed by atoms with Crippen molar-refractivity contribution in [3.05, 3.63) is 83.3 Å². The summed E-state index contributed by atoms with van der Waals surface area (Å²) < 4.78 is 2.16. The first-order valence-corrected chi connectivity index (χ1v) is 10.4. The molecule has 2 heterocycles. The van der Waals surface area contributed by atoms with Crippen molar-refractivity contribution in [3.8, 4) is 5.69 Å². The van der Waals surface area contributed by atoms with Crippen LogP contribution in [0.3, 0.4) is 0 Å². The maximum Gasteiger partial charge on any atom is 0.0678 e. The van der Waals surface area contributed by atoms with Crippen LogP contribution in [0, 0.1) is 12.3 Å². The number of benzene rings is 2. The van der Waals surface area contributed by atoms with E-state index in [1.54, 1.807) is 0 Å². The van der Waals surface area contributed by atoms with Crippen molar-refractivity contribution >= 4 is 10.9 Å². The highest BCUT2D eigenvalue weighted by molar-refractivity contribution is 5.82. The summed E-state index contributed by atoms with van der Waals surface area (Å²) in [7, 11) is 0. The summed E-state index contributed by atoms with van der Waals surface area (Å²) in [6, 6.07) is 17.3. The predicted octanol–water partition coefficient (Wildman–Crippen LogP) is 5.47. The zero-order valence-corrected chi connectivity index (χ0v) is 17.4. The monoisotopic (exact) mass is 384 g/mol. The first-order chi connectivity index (χ1) is 14.0. The topological polar surface area (TPSA) is 45.6 Å². The molecule has 0 aliphatic heterocycles. The smallest absolute Gasteiger partial charge is 0.0678 e. The van der Waals surface area contributed by atoms with Crippen LogP contribution in [0.25, 0.3) is 16.6 Å². The van der Waals surface area contributed by atoms with Crippen LogP contribution < -0.4 is 5.32 Å². The van der Waals surface area contributed by atoms with Crippen molar-refractivity contribution in [1.82, 2.24) is 20.1 Å². The number of fused-ring (bicyclic) bond motifs is 2. The molecule has 148 valence electrons. The number of rotatable bonds is 4. The van der Waals surface area contributed by atoms with E-state index < -0.39 is 0 Å². The summed E-state index contributed by atoms with van der Waals surface area (Å²) in [5.74, 6) is 0. The van der Waals surface area contributed by atoms with E-state index in [2.05, 4.69) is 96.7 Å². The summed E-state index contributed by atoms with van der Waals surface area (Å²) in [4.78, 5) is 3.39. The lowest BCUT2D eigenvalue weighted by molar-refractivity contribution is 0.253. The summed E-state index contributed by atoms with van der Waals surface area (Å²) in [5.41, 5.74) is 7.86. The number of aromatic nitrogens is 3. The number of hydrogen-bond donors (Lipinski definition) is 2. The van der Waals surface area contributed by atoms with Gasteiger partial charge in [0.1, 0.15) is 0 Å². The van der Waals surface area contributed by atoms with Gasteiger partial charge in [0, 0.05) is 40.9 Å². The van der Waals surface area contributed by atoms with Gasteiger partial charge in [0.2, 0.25) is 0 Å². The average molecular weight is 385 g/mol. The van der Waals surface area contributed by atoms with Crippen LogP contribution in [0.5, 0.6) is 0 Å². The SMILES string of the molecule is Cc1ccccc1-n1ncc2c1CC(C)(C)CC2NCc1c[nH]c2ccccc12. The number of aromatic amines is 1. The number of aryl methyl sites for hydroxylation is 1. The third-order valence-corrected chi connectivity index (χ3v) is 6.24. The highest BCUT2D eigenvalue weighted by Crippen LogP contribution is 2.41. The summed E-state index contributed by atoms with van der Waals surface area (Å²) >= 11 is 0. The van der Waals surface area contributed by atoms with Gasteiger partial charge in [-0.15, -0.1) is 0 Å². The van der Waals surface area contributed by atoms with Crippen LogP contribution in [-0.2, 0) is 13.0 Å². The average Bonchev–Trinajstić information content (AvgIpc) is 3.30. The molecule has 0 amide bonds. The van der Waals surface area contributed by atoms with Crippen molar-refractivity contribution in [1.29, 1.82) is 0 Å². The molecule has 2 N–H and O–H groups in total. The van der Waals surface area contributed by atoms with Gasteiger partial charge in [-0.05, 0) is 48.4 Å². The summed E-state index contributed by atoms with van der Waals surface area (Å²) in [6.45, 7) is 7.74. The van der Waals surface area contributed by atoms with E-state index in [1.807, 2.05) is 0 Å². The Hall–Kier alpha value is -2.85. The zero-order chi connectivity index (χ0) is 20.0. The van der Waals surface area contributed by atoms with Crippen molar-refractivity contribution < 1.29 is 0 Å². The van der Waals surface area contributed by atoms with E-state index in [9.17, 15) is 0 Å². The molecule has 1 aliphatic carbocycles. The molecule has 0 bridgehead atoms. The van der Waals surface area contributed by atoms with Gasteiger partial charge >= 0.3 is 0 Å². The van der Waals surface area contributed by atoms with E-state index in [4.69, 9.17) is 5.10 Å². The molecule has 4 nitrogen and oxygen atoms in total. The van der Waals surface area contributed by atoms with Crippen LogP contribution in [-0.4, -0.2) is 14.8 Å². The number of nitrogens with one attached hydrogen (secondary N) is 2. The first-order valence-electron chi connectivity index (χ1n) is 10.4. The third kappa shape index (κ3) is 3.28. The fraction of sp³-hybridized carbons (Fsp3) is 0.320. The Balaban J connectivity index is 1.47. The molecule has 1 aliphatic rings. The van der Waals surface area contributed by atoms with Gasteiger partial charge in [0.25, 0.3) is 0 Å². The fourth-order valence-electron chi connectivity index (χ4n) is 4.74. The molecule has 2 aromatic heterocycles. The molecule has 29 heavy (non-hydrogen) atoms. The summed E-state index contributed by atoms with van der Waals surface area (Å²) in [6.07, 6.45) is 6.36. The Bertz CT molecular complexity index is 1160. The maximum absolute atomic E-state index is 4.81. The molecule has 0 spiro atoms. The van der Waals surface area contributed by atoms with E-state index in [-0.39, 0.29) is 5.41 Å². The van der Waals surface area contributed by atoms with Crippen LogP contribution >= 0.6 is 0 Å². The lowest BCUT2D eigenvalue weighted by atomic mass is 9.74. The Morgan fingerprint density at radius 3 is 2.79 bits per heavy atom. The second-order valence-corrected chi connectivity index (χ2v) is 9.08. The largest absolute Gasteiger partial charge is 0.361 e. The van der Waals surface area contributed by atoms with E-state index in [0.717, 1.165) is 19.4 Å². The molecule has 4 aromatic rings. The molecule has 2 aromatic carbocycles. The van der Waals surface area contributed by atoms with E-state index in [0.29, 0.717) is 6.04 Å². The molecule has 1 atom stereocenters. The minimum Gasteiger partial charge on any atom is -0.361 e. The fourth-order valence-corrected chi connectivity index (χ4v) is 4.74. The van der Waals surface area contributed by atoms with Gasteiger partial charge in [-0.3, -0.25) is 0 Å². The molecule has 0 saturated heterocycles. The van der Waals surface area contributed by atoms with Crippen LogP contribution in [0.15, 0.2) is 60.9 Å². The molecule has 5 rings (SSSR count). The minimum absolute atomic E-state index is 0.228. The number of nitrogens with zero attached hydrogens (tertiary/aromatic N) is 2. The zero-order valence-electron chi connectivity index (χ0n) is 17.4. The lowest BCUT2D eigenvalue weighted by Gasteiger charge is -2.36. The highest BCUT2D eigenvalue weighted by Gasteiger charge is 2.35. The van der Waals surface area contributed by atoms with Crippen LogP contribution in [0.4, 0.5) is 0 Å². The predicted molar refractivity (Wildman–Crippen MR) is 118 cm³/mol. The molecular weight excluding hydrogens is 356 g/mol. The Kier molecular flexibility index (Phi) is 4.32.